The zero-order chi connectivity index (χ0) is 27.1. The van der Waals surface area contributed by atoms with Crippen molar-refractivity contribution < 1.29 is 27.6 Å². The fraction of sp³-hybridized carbons (Fsp3) is 0.250. The molecule has 0 aliphatic carbocycles. The minimum atomic E-state index is -4.52. The van der Waals surface area contributed by atoms with Crippen molar-refractivity contribution >= 4 is 34.8 Å². The van der Waals surface area contributed by atoms with Crippen molar-refractivity contribution in [3.63, 3.8) is 0 Å². The molecule has 3 amide bonds. The Labute approximate surface area is 218 Å². The van der Waals surface area contributed by atoms with Gasteiger partial charge in [0, 0.05) is 41.3 Å². The van der Waals surface area contributed by atoms with E-state index >= 15 is 0 Å². The number of nitrogens with one attached hydrogen (secondary N) is 3. The van der Waals surface area contributed by atoms with Crippen LogP contribution < -0.4 is 16.0 Å². The van der Waals surface area contributed by atoms with Crippen molar-refractivity contribution in [1.29, 1.82) is 0 Å². The molecule has 0 aromatic heterocycles. The largest absolute Gasteiger partial charge is 0.416 e. The van der Waals surface area contributed by atoms with Crippen LogP contribution in [0, 0.1) is 0 Å². The number of halogens is 3. The average Bonchev–Trinajstić information content (AvgIpc) is 2.92. The van der Waals surface area contributed by atoms with E-state index < -0.39 is 17.6 Å². The van der Waals surface area contributed by atoms with Crippen LogP contribution in [0.25, 0.3) is 0 Å². The average molecular weight is 525 g/mol. The van der Waals surface area contributed by atoms with Gasteiger partial charge in [0.05, 0.1) is 12.1 Å². The van der Waals surface area contributed by atoms with Gasteiger partial charge in [-0.15, -0.1) is 0 Å². The topological polar surface area (TPSA) is 90.5 Å². The maximum Gasteiger partial charge on any atom is 0.416 e. The van der Waals surface area contributed by atoms with E-state index in [1.54, 1.807) is 36.4 Å². The number of nitrogens with zero attached hydrogens (tertiary/aromatic N) is 1. The summed E-state index contributed by atoms with van der Waals surface area (Å²) in [6, 6.07) is 17.4. The Kier molecular flexibility index (Phi) is 8.30. The summed E-state index contributed by atoms with van der Waals surface area (Å²) < 4.78 is 38.8. The predicted molar refractivity (Wildman–Crippen MR) is 139 cm³/mol. The Balaban J connectivity index is 1.29. The van der Waals surface area contributed by atoms with Crippen LogP contribution in [-0.2, 0) is 11.0 Å². The summed E-state index contributed by atoms with van der Waals surface area (Å²) in [7, 11) is 0. The predicted octanol–water partition coefficient (Wildman–Crippen LogP) is 5.63. The van der Waals surface area contributed by atoms with Crippen molar-refractivity contribution in [2.45, 2.75) is 25.4 Å². The summed E-state index contributed by atoms with van der Waals surface area (Å²) in [6.45, 7) is 1.43. The Bertz CT molecular complexity index is 1300. The number of benzene rings is 3. The summed E-state index contributed by atoms with van der Waals surface area (Å²) in [5, 5.41) is 8.13. The molecule has 0 spiro atoms. The van der Waals surface area contributed by atoms with Gasteiger partial charge in [-0.25, -0.2) is 0 Å². The molecule has 3 aromatic carbocycles. The van der Waals surface area contributed by atoms with E-state index in [4.69, 9.17) is 0 Å². The Morgan fingerprint density at radius 1 is 0.737 bits per heavy atom. The molecule has 0 saturated carbocycles. The smallest absolute Gasteiger partial charge is 0.376 e. The molecule has 3 N–H and O–H groups in total. The third-order valence-corrected chi connectivity index (χ3v) is 6.08. The molecule has 10 heteroatoms. The third kappa shape index (κ3) is 7.12. The minimum absolute atomic E-state index is 0.0128. The van der Waals surface area contributed by atoms with Crippen LogP contribution in [0.4, 0.5) is 30.2 Å². The monoisotopic (exact) mass is 524 g/mol. The summed E-state index contributed by atoms with van der Waals surface area (Å²) in [4.78, 5) is 39.4. The van der Waals surface area contributed by atoms with Gasteiger partial charge in [-0.2, -0.15) is 13.2 Å². The van der Waals surface area contributed by atoms with Crippen LogP contribution in [0.2, 0.25) is 0 Å². The number of carbonyl (C=O) groups is 3. The van der Waals surface area contributed by atoms with Crippen molar-refractivity contribution in [3.8, 4) is 0 Å². The zero-order valence-corrected chi connectivity index (χ0v) is 20.5. The second-order valence-electron chi connectivity index (χ2n) is 8.95. The number of likely N-dealkylation sites (tertiary alicyclic amines) is 1. The van der Waals surface area contributed by atoms with E-state index in [-0.39, 0.29) is 29.6 Å². The number of alkyl halides is 3. The van der Waals surface area contributed by atoms with Gasteiger partial charge in [0.15, 0.2) is 0 Å². The van der Waals surface area contributed by atoms with Gasteiger partial charge in [-0.05, 0) is 79.9 Å². The summed E-state index contributed by atoms with van der Waals surface area (Å²) >= 11 is 0. The lowest BCUT2D eigenvalue weighted by atomic mass is 10.1. The molecule has 0 unspecified atom stereocenters. The van der Waals surface area contributed by atoms with E-state index in [0.717, 1.165) is 44.5 Å². The molecular weight excluding hydrogens is 497 g/mol. The lowest BCUT2D eigenvalue weighted by Crippen LogP contribution is -2.35. The molecule has 0 radical (unpaired) electrons. The molecule has 3 aromatic rings. The standard InChI is InChI=1S/C28H27F3N4O3/c29-28(30,31)21-7-5-9-24(17-21)34-26(37)20-6-4-8-23(16-20)32-18-25(36)33-22-12-10-19(11-13-22)27(38)35-14-2-1-3-15-35/h4-13,16-17,32H,1-3,14-15,18H2,(H,33,36)(H,34,37). The molecule has 1 aliphatic rings. The number of hydrogen-bond donors (Lipinski definition) is 3. The molecule has 1 aliphatic heterocycles. The highest BCUT2D eigenvalue weighted by atomic mass is 19.4. The second kappa shape index (κ2) is 11.8. The summed E-state index contributed by atoms with van der Waals surface area (Å²) in [6.07, 6.45) is -1.36. The highest BCUT2D eigenvalue weighted by molar-refractivity contribution is 6.05. The Morgan fingerprint density at radius 2 is 1.42 bits per heavy atom. The van der Waals surface area contributed by atoms with Gasteiger partial charge >= 0.3 is 6.18 Å². The first kappa shape index (κ1) is 26.7. The molecule has 1 fully saturated rings. The van der Waals surface area contributed by atoms with Crippen molar-refractivity contribution in [3.05, 3.63) is 89.5 Å². The van der Waals surface area contributed by atoms with Crippen molar-refractivity contribution in [2.24, 2.45) is 0 Å². The fourth-order valence-corrected chi connectivity index (χ4v) is 4.11. The van der Waals surface area contributed by atoms with Crippen LogP contribution in [0.15, 0.2) is 72.8 Å². The number of carbonyl (C=O) groups excluding carboxylic acids is 3. The molecule has 1 saturated heterocycles. The van der Waals surface area contributed by atoms with Crippen LogP contribution >= 0.6 is 0 Å². The highest BCUT2D eigenvalue weighted by Gasteiger charge is 2.30. The van der Waals surface area contributed by atoms with E-state index in [1.807, 2.05) is 4.90 Å². The van der Waals surface area contributed by atoms with Crippen molar-refractivity contribution in [2.75, 3.05) is 35.6 Å². The first-order chi connectivity index (χ1) is 18.2. The van der Waals surface area contributed by atoms with Gasteiger partial charge < -0.3 is 20.9 Å². The van der Waals surface area contributed by atoms with Crippen molar-refractivity contribution in [1.82, 2.24) is 4.90 Å². The number of rotatable bonds is 7. The molecule has 0 atom stereocenters. The normalized spacial score (nSPS) is 13.5. The molecule has 198 valence electrons. The van der Waals surface area contributed by atoms with Gasteiger partial charge in [0.1, 0.15) is 0 Å². The maximum absolute atomic E-state index is 12.9. The van der Waals surface area contributed by atoms with Crippen LogP contribution in [0.5, 0.6) is 0 Å². The summed E-state index contributed by atoms with van der Waals surface area (Å²) in [5.74, 6) is -0.934. The lowest BCUT2D eigenvalue weighted by Gasteiger charge is -2.26. The Morgan fingerprint density at radius 3 is 2.13 bits per heavy atom. The number of hydrogen-bond acceptors (Lipinski definition) is 4. The zero-order valence-electron chi connectivity index (χ0n) is 20.5. The number of piperidine rings is 1. The Hall–Kier alpha value is -4.34. The molecule has 4 rings (SSSR count). The SMILES string of the molecule is O=C(CNc1cccc(C(=O)Nc2cccc(C(F)(F)F)c2)c1)Nc1ccc(C(=O)N2CCCCC2)cc1. The third-order valence-electron chi connectivity index (χ3n) is 6.08. The number of anilines is 3. The fourth-order valence-electron chi connectivity index (χ4n) is 4.11. The maximum atomic E-state index is 12.9. The second-order valence-corrected chi connectivity index (χ2v) is 8.95. The molecular formula is C28H27F3N4O3. The first-order valence-electron chi connectivity index (χ1n) is 12.2. The van der Waals surface area contributed by atoms with Crippen LogP contribution in [0.3, 0.4) is 0 Å². The van der Waals surface area contributed by atoms with Gasteiger partial charge in [0.2, 0.25) is 5.91 Å². The first-order valence-corrected chi connectivity index (χ1v) is 12.2. The van der Waals surface area contributed by atoms with E-state index in [9.17, 15) is 27.6 Å². The van der Waals surface area contributed by atoms with Gasteiger partial charge in [-0.1, -0.05) is 12.1 Å². The minimum Gasteiger partial charge on any atom is -0.376 e. The van der Waals surface area contributed by atoms with E-state index in [0.29, 0.717) is 16.9 Å². The quantitative estimate of drug-likeness (QED) is 0.374. The van der Waals surface area contributed by atoms with E-state index in [1.165, 1.54) is 24.3 Å². The van der Waals surface area contributed by atoms with Crippen LogP contribution in [0.1, 0.15) is 45.5 Å². The van der Waals surface area contributed by atoms with Gasteiger partial charge in [0.25, 0.3) is 11.8 Å². The number of amides is 3. The highest BCUT2D eigenvalue weighted by Crippen LogP contribution is 2.30. The van der Waals surface area contributed by atoms with Gasteiger partial charge in [-0.3, -0.25) is 14.4 Å². The molecule has 1 heterocycles. The van der Waals surface area contributed by atoms with Crippen LogP contribution in [-0.4, -0.2) is 42.3 Å². The lowest BCUT2D eigenvalue weighted by molar-refractivity contribution is -0.137. The molecule has 7 nitrogen and oxygen atoms in total. The summed E-state index contributed by atoms with van der Waals surface area (Å²) in [5.41, 5.74) is 0.969. The molecule has 38 heavy (non-hydrogen) atoms. The van der Waals surface area contributed by atoms with E-state index in [2.05, 4.69) is 16.0 Å². The molecule has 0 bridgehead atoms.